The molecule has 3 aromatic carbocycles. The van der Waals surface area contributed by atoms with Crippen LogP contribution in [0.5, 0.6) is 17.2 Å². The zero-order chi connectivity index (χ0) is 19.3. The minimum atomic E-state index is -3.77. The van der Waals surface area contributed by atoms with E-state index in [1.54, 1.807) is 43.5 Å². The summed E-state index contributed by atoms with van der Waals surface area (Å²) in [5, 5.41) is 0. The number of sulfonamides is 1. The van der Waals surface area contributed by atoms with Gasteiger partial charge in [-0.25, -0.2) is 8.42 Å². The molecule has 140 valence electrons. The molecular formula is C21H21NO4S. The Kier molecular flexibility index (Phi) is 5.66. The van der Waals surface area contributed by atoms with Crippen LogP contribution in [0.25, 0.3) is 0 Å². The molecule has 5 nitrogen and oxygen atoms in total. The maximum atomic E-state index is 12.9. The second-order valence-electron chi connectivity index (χ2n) is 5.84. The predicted octanol–water partition coefficient (Wildman–Crippen LogP) is 4.85. The van der Waals surface area contributed by atoms with Crippen LogP contribution in [0.3, 0.4) is 0 Å². The van der Waals surface area contributed by atoms with Crippen LogP contribution in [0.15, 0.2) is 77.7 Å². The van der Waals surface area contributed by atoms with Gasteiger partial charge >= 0.3 is 0 Å². The molecule has 0 unspecified atom stereocenters. The summed E-state index contributed by atoms with van der Waals surface area (Å²) in [7, 11) is -2.20. The van der Waals surface area contributed by atoms with Crippen LogP contribution in [0.4, 0.5) is 5.69 Å². The van der Waals surface area contributed by atoms with Crippen molar-refractivity contribution < 1.29 is 17.9 Å². The van der Waals surface area contributed by atoms with Crippen LogP contribution in [0.1, 0.15) is 12.5 Å². The molecule has 0 radical (unpaired) electrons. The number of anilines is 1. The minimum absolute atomic E-state index is 0.176. The van der Waals surface area contributed by atoms with E-state index in [0.717, 1.165) is 5.56 Å². The summed E-state index contributed by atoms with van der Waals surface area (Å²) >= 11 is 0. The lowest BCUT2D eigenvalue weighted by Gasteiger charge is -2.14. The lowest BCUT2D eigenvalue weighted by molar-refractivity contribution is 0.409. The van der Waals surface area contributed by atoms with Crippen molar-refractivity contribution in [2.75, 3.05) is 11.8 Å². The molecule has 0 bridgehead atoms. The second kappa shape index (κ2) is 8.14. The Morgan fingerprint density at radius 2 is 1.59 bits per heavy atom. The molecule has 27 heavy (non-hydrogen) atoms. The van der Waals surface area contributed by atoms with Gasteiger partial charge in [0.05, 0.1) is 17.7 Å². The predicted molar refractivity (Wildman–Crippen MR) is 106 cm³/mol. The van der Waals surface area contributed by atoms with E-state index in [0.29, 0.717) is 29.4 Å². The number of benzene rings is 3. The molecule has 3 aromatic rings. The third-order valence-corrected chi connectivity index (χ3v) is 5.41. The fourth-order valence-electron chi connectivity index (χ4n) is 2.66. The molecule has 0 aliphatic heterocycles. The average molecular weight is 383 g/mol. The van der Waals surface area contributed by atoms with E-state index in [-0.39, 0.29) is 4.90 Å². The summed E-state index contributed by atoms with van der Waals surface area (Å²) < 4.78 is 39.4. The van der Waals surface area contributed by atoms with Gasteiger partial charge in [0, 0.05) is 0 Å². The van der Waals surface area contributed by atoms with Crippen LogP contribution < -0.4 is 14.2 Å². The number of ether oxygens (including phenoxy) is 2. The van der Waals surface area contributed by atoms with E-state index in [4.69, 9.17) is 9.47 Å². The summed E-state index contributed by atoms with van der Waals surface area (Å²) in [5.41, 5.74) is 1.20. The van der Waals surface area contributed by atoms with Gasteiger partial charge in [-0.1, -0.05) is 37.3 Å². The van der Waals surface area contributed by atoms with Gasteiger partial charge in [0.1, 0.15) is 11.5 Å². The van der Waals surface area contributed by atoms with Crippen molar-refractivity contribution in [3.63, 3.8) is 0 Å². The van der Waals surface area contributed by atoms with E-state index < -0.39 is 10.0 Å². The fraction of sp³-hybridized carbons (Fsp3) is 0.143. The summed E-state index contributed by atoms with van der Waals surface area (Å²) in [5.74, 6) is 1.72. The number of hydrogen-bond acceptors (Lipinski definition) is 4. The first kappa shape index (κ1) is 18.8. The minimum Gasteiger partial charge on any atom is -0.496 e. The molecule has 0 atom stereocenters. The van der Waals surface area contributed by atoms with Gasteiger partial charge in [-0.2, -0.15) is 0 Å². The Hall–Kier alpha value is -2.99. The van der Waals surface area contributed by atoms with Crippen LogP contribution >= 0.6 is 0 Å². The Balaban J connectivity index is 1.90. The van der Waals surface area contributed by atoms with Crippen molar-refractivity contribution in [3.8, 4) is 17.2 Å². The normalized spacial score (nSPS) is 11.0. The van der Waals surface area contributed by atoms with Crippen molar-refractivity contribution >= 4 is 15.7 Å². The van der Waals surface area contributed by atoms with Gasteiger partial charge in [0.2, 0.25) is 0 Å². The molecule has 1 N–H and O–H groups in total. The highest BCUT2D eigenvalue weighted by atomic mass is 32.2. The van der Waals surface area contributed by atoms with Gasteiger partial charge < -0.3 is 9.47 Å². The molecule has 0 amide bonds. The zero-order valence-electron chi connectivity index (χ0n) is 15.2. The first-order valence-corrected chi connectivity index (χ1v) is 10.0. The standard InChI is InChI=1S/C21H21NO4S/c1-3-16-15-18(13-14-20(16)25-2)27(23,24)22-19-11-7-8-12-21(19)26-17-9-5-4-6-10-17/h4-15,22H,3H2,1-2H3. The first-order valence-electron chi connectivity index (χ1n) is 8.55. The topological polar surface area (TPSA) is 64.6 Å². The quantitative estimate of drug-likeness (QED) is 0.633. The largest absolute Gasteiger partial charge is 0.496 e. The SMILES string of the molecule is CCc1cc(S(=O)(=O)Nc2ccccc2Oc2ccccc2)ccc1OC. The molecule has 0 saturated heterocycles. The maximum Gasteiger partial charge on any atom is 0.262 e. The third kappa shape index (κ3) is 4.41. The molecule has 0 fully saturated rings. The maximum absolute atomic E-state index is 12.9. The van der Waals surface area contributed by atoms with Crippen molar-refractivity contribution in [3.05, 3.63) is 78.4 Å². The average Bonchev–Trinajstić information content (AvgIpc) is 2.69. The summed E-state index contributed by atoms with van der Waals surface area (Å²) in [4.78, 5) is 0.176. The molecule has 0 aromatic heterocycles. The van der Waals surface area contributed by atoms with E-state index in [2.05, 4.69) is 4.72 Å². The van der Waals surface area contributed by atoms with Crippen LogP contribution in [0, 0.1) is 0 Å². The number of para-hydroxylation sites is 3. The van der Waals surface area contributed by atoms with Gasteiger partial charge in [0.25, 0.3) is 10.0 Å². The number of rotatable bonds is 7. The number of nitrogens with one attached hydrogen (secondary N) is 1. The number of methoxy groups -OCH3 is 1. The fourth-order valence-corrected chi connectivity index (χ4v) is 3.78. The lowest BCUT2D eigenvalue weighted by atomic mass is 10.1. The Morgan fingerprint density at radius 3 is 2.30 bits per heavy atom. The monoisotopic (exact) mass is 383 g/mol. The summed E-state index contributed by atoms with van der Waals surface area (Å²) in [6, 6.07) is 21.0. The molecular weight excluding hydrogens is 362 g/mol. The van der Waals surface area contributed by atoms with Crippen LogP contribution in [-0.2, 0) is 16.4 Å². The molecule has 0 aliphatic rings. The first-order chi connectivity index (χ1) is 13.0. The Morgan fingerprint density at radius 1 is 0.889 bits per heavy atom. The smallest absolute Gasteiger partial charge is 0.262 e. The second-order valence-corrected chi connectivity index (χ2v) is 7.53. The lowest BCUT2D eigenvalue weighted by Crippen LogP contribution is -2.14. The van der Waals surface area contributed by atoms with E-state index in [1.807, 2.05) is 37.3 Å². The zero-order valence-corrected chi connectivity index (χ0v) is 16.0. The molecule has 0 spiro atoms. The van der Waals surface area contributed by atoms with Crippen LogP contribution in [-0.4, -0.2) is 15.5 Å². The van der Waals surface area contributed by atoms with Gasteiger partial charge in [-0.15, -0.1) is 0 Å². The molecule has 6 heteroatoms. The van der Waals surface area contributed by atoms with Gasteiger partial charge in [0.15, 0.2) is 5.75 Å². The highest BCUT2D eigenvalue weighted by molar-refractivity contribution is 7.92. The van der Waals surface area contributed by atoms with Crippen LogP contribution in [0.2, 0.25) is 0 Å². The van der Waals surface area contributed by atoms with Crippen molar-refractivity contribution in [1.82, 2.24) is 0 Å². The third-order valence-electron chi connectivity index (χ3n) is 4.05. The Labute approximate surface area is 159 Å². The van der Waals surface area contributed by atoms with Crippen molar-refractivity contribution in [2.24, 2.45) is 0 Å². The summed E-state index contributed by atoms with van der Waals surface area (Å²) in [6.45, 7) is 1.95. The number of aryl methyl sites for hydroxylation is 1. The van der Waals surface area contributed by atoms with Gasteiger partial charge in [-0.3, -0.25) is 4.72 Å². The number of hydrogen-bond donors (Lipinski definition) is 1. The molecule has 3 rings (SSSR count). The molecule has 0 aliphatic carbocycles. The van der Waals surface area contributed by atoms with E-state index in [9.17, 15) is 8.42 Å². The van der Waals surface area contributed by atoms with Gasteiger partial charge in [-0.05, 0) is 54.4 Å². The van der Waals surface area contributed by atoms with E-state index >= 15 is 0 Å². The van der Waals surface area contributed by atoms with Crippen molar-refractivity contribution in [1.29, 1.82) is 0 Å². The van der Waals surface area contributed by atoms with E-state index in [1.165, 1.54) is 6.07 Å². The Bertz CT molecular complexity index is 1020. The molecule has 0 heterocycles. The molecule has 0 saturated carbocycles. The highest BCUT2D eigenvalue weighted by Gasteiger charge is 2.18. The highest BCUT2D eigenvalue weighted by Crippen LogP contribution is 2.31. The summed E-state index contributed by atoms with van der Waals surface area (Å²) in [6.07, 6.45) is 0.667. The van der Waals surface area contributed by atoms with Crippen molar-refractivity contribution in [2.45, 2.75) is 18.2 Å².